The average Bonchev–Trinajstić information content (AvgIpc) is 2.40. The van der Waals surface area contributed by atoms with Gasteiger partial charge in [-0.05, 0) is 38.1 Å². The van der Waals surface area contributed by atoms with Crippen molar-refractivity contribution < 1.29 is 10.0 Å². The van der Waals surface area contributed by atoms with Gasteiger partial charge >= 0.3 is 0 Å². The molecule has 1 aromatic rings. The smallest absolute Gasteiger partial charge is 0.278 e. The zero-order valence-corrected chi connectivity index (χ0v) is 9.88. The topological polar surface area (TPSA) is 43.8 Å². The normalized spacial score (nSPS) is 16.8. The second-order valence-electron chi connectivity index (χ2n) is 4.39. The number of rotatable bonds is 3. The zero-order valence-electron chi connectivity index (χ0n) is 9.88. The van der Waals surface area contributed by atoms with Crippen LogP contribution in [0.4, 0.5) is 0 Å². The Morgan fingerprint density at radius 2 is 1.82 bits per heavy atom. The summed E-state index contributed by atoms with van der Waals surface area (Å²) in [7, 11) is 0. The van der Waals surface area contributed by atoms with Gasteiger partial charge in [-0.15, -0.1) is 0 Å². The summed E-state index contributed by atoms with van der Waals surface area (Å²) in [5, 5.41) is 10.6. The fourth-order valence-electron chi connectivity index (χ4n) is 2.08. The van der Waals surface area contributed by atoms with Gasteiger partial charge < -0.3 is 0 Å². The van der Waals surface area contributed by atoms with E-state index >= 15 is 0 Å². The maximum atomic E-state index is 11.9. The van der Waals surface area contributed by atoms with E-state index in [0.717, 1.165) is 31.0 Å². The number of nitrogens with zero attached hydrogens (tertiary/aromatic N) is 2. The molecule has 0 spiro atoms. The molecule has 1 N–H and O–H groups in total. The standard InChI is InChI=1S/C13H18N2O2/c16-13(12-7-3-1-4-8-12)15(17)11-14-9-5-2-6-10-14/h1,3-4,7-8,17H,2,5-6,9-11H2. The summed E-state index contributed by atoms with van der Waals surface area (Å²) in [6, 6.07) is 8.86. The molecule has 1 aliphatic rings. The zero-order chi connectivity index (χ0) is 12.1. The number of amides is 1. The molecule has 1 amide bonds. The molecule has 92 valence electrons. The molecular formula is C13H18N2O2. The minimum atomic E-state index is -0.337. The number of carbonyl (C=O) groups excluding carboxylic acids is 1. The average molecular weight is 234 g/mol. The van der Waals surface area contributed by atoms with Gasteiger partial charge in [0.15, 0.2) is 0 Å². The van der Waals surface area contributed by atoms with Crippen LogP contribution in [-0.4, -0.2) is 40.8 Å². The van der Waals surface area contributed by atoms with Gasteiger partial charge in [0, 0.05) is 5.56 Å². The lowest BCUT2D eigenvalue weighted by molar-refractivity contribution is -0.0915. The van der Waals surface area contributed by atoms with E-state index in [1.165, 1.54) is 6.42 Å². The summed E-state index contributed by atoms with van der Waals surface area (Å²) < 4.78 is 0. The van der Waals surface area contributed by atoms with Crippen LogP contribution in [-0.2, 0) is 0 Å². The molecule has 0 aromatic heterocycles. The number of benzene rings is 1. The van der Waals surface area contributed by atoms with E-state index in [1.807, 2.05) is 6.07 Å². The third-order valence-corrected chi connectivity index (χ3v) is 3.04. The van der Waals surface area contributed by atoms with E-state index in [1.54, 1.807) is 24.3 Å². The van der Waals surface area contributed by atoms with Crippen molar-refractivity contribution in [3.63, 3.8) is 0 Å². The van der Waals surface area contributed by atoms with Crippen molar-refractivity contribution in [2.24, 2.45) is 0 Å². The minimum Gasteiger partial charge on any atom is -0.284 e. The molecule has 0 unspecified atom stereocenters. The highest BCUT2D eigenvalue weighted by molar-refractivity contribution is 5.93. The van der Waals surface area contributed by atoms with E-state index in [-0.39, 0.29) is 5.91 Å². The third-order valence-electron chi connectivity index (χ3n) is 3.04. The molecule has 1 heterocycles. The number of hydroxylamine groups is 2. The molecule has 1 saturated heterocycles. The van der Waals surface area contributed by atoms with Crippen molar-refractivity contribution in [2.45, 2.75) is 19.3 Å². The van der Waals surface area contributed by atoms with Crippen molar-refractivity contribution in [1.29, 1.82) is 0 Å². The van der Waals surface area contributed by atoms with Crippen LogP contribution in [0.15, 0.2) is 30.3 Å². The Morgan fingerprint density at radius 1 is 1.18 bits per heavy atom. The molecule has 1 aromatic carbocycles. The summed E-state index contributed by atoms with van der Waals surface area (Å²) >= 11 is 0. The highest BCUT2D eigenvalue weighted by atomic mass is 16.5. The molecule has 4 nitrogen and oxygen atoms in total. The first-order valence-electron chi connectivity index (χ1n) is 6.05. The lowest BCUT2D eigenvalue weighted by Gasteiger charge is -2.29. The molecule has 17 heavy (non-hydrogen) atoms. The van der Waals surface area contributed by atoms with Crippen molar-refractivity contribution in [3.05, 3.63) is 35.9 Å². The van der Waals surface area contributed by atoms with Crippen LogP contribution in [0.25, 0.3) is 0 Å². The van der Waals surface area contributed by atoms with Gasteiger partial charge in [0.1, 0.15) is 6.67 Å². The summed E-state index contributed by atoms with van der Waals surface area (Å²) in [4.78, 5) is 14.0. The minimum absolute atomic E-state index is 0.299. The first kappa shape index (κ1) is 12.1. The number of hydrogen-bond acceptors (Lipinski definition) is 3. The lowest BCUT2D eigenvalue weighted by atomic mass is 10.1. The van der Waals surface area contributed by atoms with Crippen molar-refractivity contribution >= 4 is 5.91 Å². The molecule has 0 atom stereocenters. The van der Waals surface area contributed by atoms with Crippen LogP contribution in [0.2, 0.25) is 0 Å². The summed E-state index contributed by atoms with van der Waals surface area (Å²) in [6.45, 7) is 2.21. The summed E-state index contributed by atoms with van der Waals surface area (Å²) in [6.07, 6.45) is 3.54. The fourth-order valence-corrected chi connectivity index (χ4v) is 2.08. The van der Waals surface area contributed by atoms with Gasteiger partial charge in [-0.1, -0.05) is 24.6 Å². The molecule has 0 aliphatic carbocycles. The van der Waals surface area contributed by atoms with Gasteiger partial charge in [-0.2, -0.15) is 0 Å². The van der Waals surface area contributed by atoms with E-state index in [2.05, 4.69) is 4.90 Å². The van der Waals surface area contributed by atoms with Gasteiger partial charge in [0.05, 0.1) is 0 Å². The Bertz CT molecular complexity index is 361. The second kappa shape index (κ2) is 5.80. The van der Waals surface area contributed by atoms with Crippen molar-refractivity contribution in [1.82, 2.24) is 9.96 Å². The summed E-state index contributed by atoms with van der Waals surface area (Å²) in [5.74, 6) is -0.337. The molecular weight excluding hydrogens is 216 g/mol. The predicted octanol–water partition coefficient (Wildman–Crippen LogP) is 1.96. The Hall–Kier alpha value is -1.39. The molecule has 0 radical (unpaired) electrons. The number of piperidine rings is 1. The van der Waals surface area contributed by atoms with Crippen LogP contribution in [0.1, 0.15) is 29.6 Å². The van der Waals surface area contributed by atoms with Gasteiger partial charge in [0.2, 0.25) is 0 Å². The Morgan fingerprint density at radius 3 is 2.47 bits per heavy atom. The van der Waals surface area contributed by atoms with Crippen molar-refractivity contribution in [3.8, 4) is 0 Å². The molecule has 1 aliphatic heterocycles. The van der Waals surface area contributed by atoms with Crippen LogP contribution < -0.4 is 0 Å². The van der Waals surface area contributed by atoms with Gasteiger partial charge in [-0.25, -0.2) is 5.06 Å². The Balaban J connectivity index is 1.91. The monoisotopic (exact) mass is 234 g/mol. The SMILES string of the molecule is O=C(c1ccccc1)N(O)CN1CCCCC1. The lowest BCUT2D eigenvalue weighted by Crippen LogP contribution is -2.41. The van der Waals surface area contributed by atoms with Gasteiger partial charge in [0.25, 0.3) is 5.91 Å². The number of hydrogen-bond donors (Lipinski definition) is 1. The molecule has 2 rings (SSSR count). The first-order valence-corrected chi connectivity index (χ1v) is 6.05. The first-order chi connectivity index (χ1) is 8.27. The highest BCUT2D eigenvalue weighted by Gasteiger charge is 2.18. The molecule has 0 bridgehead atoms. The second-order valence-corrected chi connectivity index (χ2v) is 4.39. The predicted molar refractivity (Wildman–Crippen MR) is 64.7 cm³/mol. The molecule has 4 heteroatoms. The van der Waals surface area contributed by atoms with E-state index < -0.39 is 0 Å². The number of carbonyl (C=O) groups is 1. The largest absolute Gasteiger partial charge is 0.284 e. The fraction of sp³-hybridized carbons (Fsp3) is 0.462. The number of likely N-dealkylation sites (tertiary alicyclic amines) is 1. The van der Waals surface area contributed by atoms with Crippen LogP contribution in [0.5, 0.6) is 0 Å². The van der Waals surface area contributed by atoms with Crippen molar-refractivity contribution in [2.75, 3.05) is 19.8 Å². The Kier molecular flexibility index (Phi) is 4.12. The maximum Gasteiger partial charge on any atom is 0.278 e. The van der Waals surface area contributed by atoms with E-state index in [9.17, 15) is 10.0 Å². The van der Waals surface area contributed by atoms with Crippen LogP contribution in [0.3, 0.4) is 0 Å². The third kappa shape index (κ3) is 3.28. The van der Waals surface area contributed by atoms with E-state index in [4.69, 9.17) is 0 Å². The van der Waals surface area contributed by atoms with Crippen LogP contribution >= 0.6 is 0 Å². The van der Waals surface area contributed by atoms with Crippen LogP contribution in [0, 0.1) is 0 Å². The summed E-state index contributed by atoms with van der Waals surface area (Å²) in [5.41, 5.74) is 0.520. The highest BCUT2D eigenvalue weighted by Crippen LogP contribution is 2.10. The van der Waals surface area contributed by atoms with Gasteiger partial charge in [-0.3, -0.25) is 14.9 Å². The Labute approximate surface area is 101 Å². The quantitative estimate of drug-likeness (QED) is 0.642. The molecule has 0 saturated carbocycles. The molecule has 1 fully saturated rings. The van der Waals surface area contributed by atoms with E-state index in [0.29, 0.717) is 12.2 Å². The maximum absolute atomic E-state index is 11.9.